The van der Waals surface area contributed by atoms with Crippen molar-refractivity contribution in [2.75, 3.05) is 71.5 Å². The van der Waals surface area contributed by atoms with Crippen molar-refractivity contribution in [3.05, 3.63) is 65.0 Å². The van der Waals surface area contributed by atoms with Gasteiger partial charge >= 0.3 is 12.1 Å². The predicted molar refractivity (Wildman–Crippen MR) is 182 cm³/mol. The molecule has 50 heavy (non-hydrogen) atoms. The molecule has 3 aliphatic heterocycles. The lowest BCUT2D eigenvalue weighted by atomic mass is 9.57. The number of methoxy groups -OCH3 is 2. The molecule has 2 aromatic carbocycles. The monoisotopic (exact) mass is 695 g/mol. The van der Waals surface area contributed by atoms with Crippen LogP contribution in [0, 0.1) is 34.9 Å². The van der Waals surface area contributed by atoms with Gasteiger partial charge in [-0.25, -0.2) is 18.0 Å². The summed E-state index contributed by atoms with van der Waals surface area (Å²) in [6.45, 7) is 3.51. The van der Waals surface area contributed by atoms with Crippen molar-refractivity contribution in [1.82, 2.24) is 15.1 Å². The maximum atomic E-state index is 16.2. The number of piperidine rings is 1. The number of rotatable bonds is 12. The summed E-state index contributed by atoms with van der Waals surface area (Å²) in [4.78, 5) is 31.1. The normalized spacial score (nSPS) is 24.0. The molecule has 270 valence electrons. The highest BCUT2D eigenvalue weighted by molar-refractivity contribution is 5.69. The van der Waals surface area contributed by atoms with Gasteiger partial charge < -0.3 is 19.7 Å². The highest BCUT2D eigenvalue weighted by atomic mass is 19.1. The van der Waals surface area contributed by atoms with E-state index in [-0.39, 0.29) is 62.1 Å². The molecule has 3 heterocycles. The Hall–Kier alpha value is -3.82. The van der Waals surface area contributed by atoms with E-state index in [4.69, 9.17) is 9.47 Å². The topological polar surface area (TPSA) is 98.1 Å². The van der Waals surface area contributed by atoms with Crippen LogP contribution in [0.5, 0.6) is 0 Å². The molecule has 0 bridgehead atoms. The second-order valence-electron chi connectivity index (χ2n) is 14.8. The number of hydrogen-bond donors (Lipinski definition) is 1. The largest absolute Gasteiger partial charge is 0.469 e. The Kier molecular flexibility index (Phi) is 10.9. The van der Waals surface area contributed by atoms with Crippen LogP contribution < -0.4 is 10.2 Å². The molecular weight excluding hydrogens is 647 g/mol. The fourth-order valence-electron chi connectivity index (χ4n) is 9.28. The summed E-state index contributed by atoms with van der Waals surface area (Å²) in [6, 6.07) is 14.4. The number of ether oxygens (including phenoxy) is 2. The van der Waals surface area contributed by atoms with E-state index in [1.54, 1.807) is 18.2 Å². The van der Waals surface area contributed by atoms with Crippen LogP contribution in [0.15, 0.2) is 42.5 Å². The SMILES string of the molecule is COC(=O)C[C@H]1CCC[C@@H]1[C@](CNC(=O)OC)(c1cccc(F)c1)C1CCN(CC2(F)CN(c3ccc(C#N)c(CN4CC(F)C4)c3)C2)CC1. The molecule has 12 heteroatoms. The first-order valence-corrected chi connectivity index (χ1v) is 17.8. The van der Waals surface area contributed by atoms with Gasteiger partial charge in [-0.15, -0.1) is 0 Å². The van der Waals surface area contributed by atoms with Gasteiger partial charge in [0, 0.05) is 50.2 Å². The van der Waals surface area contributed by atoms with E-state index in [0.717, 1.165) is 48.9 Å². The molecule has 2 aromatic rings. The first-order chi connectivity index (χ1) is 24.1. The van der Waals surface area contributed by atoms with Crippen molar-refractivity contribution in [2.45, 2.75) is 62.3 Å². The van der Waals surface area contributed by atoms with Gasteiger partial charge in [-0.1, -0.05) is 18.6 Å². The van der Waals surface area contributed by atoms with E-state index in [9.17, 15) is 23.6 Å². The molecule has 6 rings (SSSR count). The number of anilines is 1. The van der Waals surface area contributed by atoms with Gasteiger partial charge in [0.25, 0.3) is 0 Å². The predicted octanol–water partition coefficient (Wildman–Crippen LogP) is 5.36. The number of carbonyl (C=O) groups is 2. The van der Waals surface area contributed by atoms with Crippen molar-refractivity contribution >= 4 is 17.7 Å². The van der Waals surface area contributed by atoms with Gasteiger partial charge in [0.15, 0.2) is 5.67 Å². The Bertz CT molecular complexity index is 1570. The van der Waals surface area contributed by atoms with E-state index >= 15 is 4.39 Å². The summed E-state index contributed by atoms with van der Waals surface area (Å²) in [5, 5.41) is 12.5. The van der Waals surface area contributed by atoms with Crippen LogP contribution in [-0.2, 0) is 26.2 Å². The molecule has 9 nitrogen and oxygen atoms in total. The van der Waals surface area contributed by atoms with Crippen LogP contribution in [0.25, 0.3) is 0 Å². The minimum Gasteiger partial charge on any atom is -0.469 e. The number of carbonyl (C=O) groups excluding carboxylic acids is 2. The first kappa shape index (κ1) is 36.0. The molecule has 3 saturated heterocycles. The van der Waals surface area contributed by atoms with Gasteiger partial charge in [-0.3, -0.25) is 14.6 Å². The Morgan fingerprint density at radius 1 is 1.04 bits per heavy atom. The number of alkyl carbamates (subject to hydrolysis) is 1. The standard InChI is InChI=1S/C38H48F3N5O4/c1-49-35(47)16-26-5-3-8-34(26)38(22-43-36(48)50-2,30-6-4-7-31(39)17-30)29-11-13-44(14-12-29)23-37(41)24-46(25-37)33-10-9-27(18-42)28(15-33)19-45-20-32(40)21-45/h4,6-7,9-10,15,17,26,29,32,34H,3,5,8,11-14,16,19-25H2,1-2H3,(H,43,48)/t26-,34+,38+/m1/s1. The van der Waals surface area contributed by atoms with E-state index in [1.165, 1.54) is 20.3 Å². The maximum Gasteiger partial charge on any atom is 0.406 e. The Morgan fingerprint density at radius 3 is 2.46 bits per heavy atom. The highest BCUT2D eigenvalue weighted by Gasteiger charge is 2.53. The van der Waals surface area contributed by atoms with Gasteiger partial charge in [0.1, 0.15) is 12.0 Å². The Balaban J connectivity index is 1.16. The number of nitrogens with zero attached hydrogens (tertiary/aromatic N) is 4. The van der Waals surface area contributed by atoms with E-state index in [0.29, 0.717) is 38.3 Å². The molecule has 1 aliphatic carbocycles. The summed E-state index contributed by atoms with van der Waals surface area (Å²) >= 11 is 0. The first-order valence-electron chi connectivity index (χ1n) is 17.8. The van der Waals surface area contributed by atoms with Gasteiger partial charge in [0.2, 0.25) is 0 Å². The fourth-order valence-corrected chi connectivity index (χ4v) is 9.28. The highest BCUT2D eigenvalue weighted by Crippen LogP contribution is 2.53. The number of amides is 1. The molecule has 3 atom stereocenters. The molecular formula is C38H48F3N5O4. The number of halogens is 3. The summed E-state index contributed by atoms with van der Waals surface area (Å²) in [5.74, 6) is -0.612. The maximum absolute atomic E-state index is 16.2. The molecule has 1 amide bonds. The van der Waals surface area contributed by atoms with Crippen LogP contribution in [0.3, 0.4) is 0 Å². The number of alkyl halides is 2. The van der Waals surface area contributed by atoms with Crippen LogP contribution >= 0.6 is 0 Å². The summed E-state index contributed by atoms with van der Waals surface area (Å²) in [6.07, 6.45) is 2.89. The molecule has 0 aromatic heterocycles. The van der Waals surface area contributed by atoms with E-state index in [1.807, 2.05) is 28.0 Å². The number of hydrogen-bond acceptors (Lipinski definition) is 8. The molecule has 4 aliphatic rings. The van der Waals surface area contributed by atoms with E-state index in [2.05, 4.69) is 16.3 Å². The third-order valence-corrected chi connectivity index (χ3v) is 11.7. The summed E-state index contributed by atoms with van der Waals surface area (Å²) < 4.78 is 54.5. The molecule has 1 saturated carbocycles. The molecule has 4 fully saturated rings. The minimum absolute atomic E-state index is 0.00697. The number of nitriles is 1. The van der Waals surface area contributed by atoms with Crippen molar-refractivity contribution in [2.24, 2.45) is 17.8 Å². The average molecular weight is 696 g/mol. The zero-order valence-corrected chi connectivity index (χ0v) is 29.0. The van der Waals surface area contributed by atoms with Crippen LogP contribution in [-0.4, -0.2) is 100 Å². The van der Waals surface area contributed by atoms with Crippen LogP contribution in [0.2, 0.25) is 0 Å². The van der Waals surface area contributed by atoms with Crippen molar-refractivity contribution in [3.8, 4) is 6.07 Å². The number of benzene rings is 2. The average Bonchev–Trinajstić information content (AvgIpc) is 3.55. The third kappa shape index (κ3) is 7.59. The minimum atomic E-state index is -1.40. The summed E-state index contributed by atoms with van der Waals surface area (Å²) in [5.41, 5.74) is 0.965. The summed E-state index contributed by atoms with van der Waals surface area (Å²) in [7, 11) is 2.70. The fraction of sp³-hybridized carbons (Fsp3) is 0.605. The van der Waals surface area contributed by atoms with E-state index < -0.39 is 23.3 Å². The number of esters is 1. The lowest BCUT2D eigenvalue weighted by Crippen LogP contribution is -2.64. The van der Waals surface area contributed by atoms with Crippen LogP contribution in [0.4, 0.5) is 23.7 Å². The van der Waals surface area contributed by atoms with Gasteiger partial charge in [0.05, 0.1) is 38.9 Å². The molecule has 0 unspecified atom stereocenters. The van der Waals surface area contributed by atoms with Gasteiger partial charge in [-0.2, -0.15) is 5.26 Å². The zero-order valence-electron chi connectivity index (χ0n) is 29.0. The zero-order chi connectivity index (χ0) is 35.5. The molecule has 0 spiro atoms. The van der Waals surface area contributed by atoms with Gasteiger partial charge in [-0.05, 0) is 98.0 Å². The number of likely N-dealkylation sites (tertiary alicyclic amines) is 2. The third-order valence-electron chi connectivity index (χ3n) is 11.7. The Morgan fingerprint density at radius 2 is 1.80 bits per heavy atom. The van der Waals surface area contributed by atoms with Crippen molar-refractivity contribution in [1.29, 1.82) is 5.26 Å². The second-order valence-corrected chi connectivity index (χ2v) is 14.8. The van der Waals surface area contributed by atoms with Crippen molar-refractivity contribution in [3.63, 3.8) is 0 Å². The van der Waals surface area contributed by atoms with Crippen LogP contribution in [0.1, 0.15) is 55.2 Å². The quantitative estimate of drug-likeness (QED) is 0.297. The Labute approximate surface area is 292 Å². The smallest absolute Gasteiger partial charge is 0.406 e. The lowest BCUT2D eigenvalue weighted by Gasteiger charge is -2.52. The molecule has 1 N–H and O–H groups in total. The number of nitrogens with one attached hydrogen (secondary N) is 1. The van der Waals surface area contributed by atoms with Crippen molar-refractivity contribution < 1.29 is 32.2 Å². The molecule has 0 radical (unpaired) electrons. The lowest BCUT2D eigenvalue weighted by molar-refractivity contribution is -0.142. The second kappa shape index (κ2) is 15.2.